The molecule has 0 saturated heterocycles. The molecule has 1 N–H and O–H groups in total. The lowest BCUT2D eigenvalue weighted by molar-refractivity contribution is -0.120. The highest BCUT2D eigenvalue weighted by Crippen LogP contribution is 2.33. The second-order valence-electron chi connectivity index (χ2n) is 8.81. The summed E-state index contributed by atoms with van der Waals surface area (Å²) in [6, 6.07) is 17.3. The van der Waals surface area contributed by atoms with E-state index in [1.54, 1.807) is 30.3 Å². The van der Waals surface area contributed by atoms with Gasteiger partial charge in [-0.15, -0.1) is 0 Å². The van der Waals surface area contributed by atoms with Crippen LogP contribution in [0.25, 0.3) is 0 Å². The van der Waals surface area contributed by atoms with Crippen LogP contribution in [0.15, 0.2) is 65.6 Å². The largest absolute Gasteiger partial charge is 0.486 e. The summed E-state index contributed by atoms with van der Waals surface area (Å²) in [5.41, 5.74) is 4.04. The third kappa shape index (κ3) is 5.43. The zero-order valence-corrected chi connectivity index (χ0v) is 21.2. The Kier molecular flexibility index (Phi) is 7.03. The van der Waals surface area contributed by atoms with Crippen LogP contribution in [0.1, 0.15) is 35.2 Å². The van der Waals surface area contributed by atoms with Gasteiger partial charge in [0.15, 0.2) is 11.5 Å². The first-order chi connectivity index (χ1) is 16.6. The minimum absolute atomic E-state index is 0.135. The maximum Gasteiger partial charge on any atom is 0.264 e. The number of anilines is 1. The van der Waals surface area contributed by atoms with Gasteiger partial charge in [-0.1, -0.05) is 41.5 Å². The van der Waals surface area contributed by atoms with E-state index in [1.807, 2.05) is 58.0 Å². The van der Waals surface area contributed by atoms with Crippen LogP contribution in [-0.2, 0) is 14.8 Å². The Morgan fingerprint density at radius 1 is 0.914 bits per heavy atom. The van der Waals surface area contributed by atoms with Crippen molar-refractivity contribution in [2.45, 2.75) is 38.6 Å². The summed E-state index contributed by atoms with van der Waals surface area (Å²) in [6.07, 6.45) is 0. The molecular formula is C27H30N2O5S. The molecule has 7 nitrogen and oxygen atoms in total. The molecule has 3 aromatic carbocycles. The predicted molar refractivity (Wildman–Crippen MR) is 136 cm³/mol. The Bertz CT molecular complexity index is 1340. The van der Waals surface area contributed by atoms with Crippen LogP contribution in [0.4, 0.5) is 5.69 Å². The van der Waals surface area contributed by atoms with Gasteiger partial charge >= 0.3 is 0 Å². The Hall–Kier alpha value is -3.52. The van der Waals surface area contributed by atoms with Gasteiger partial charge in [0.25, 0.3) is 10.0 Å². The van der Waals surface area contributed by atoms with E-state index in [4.69, 9.17) is 9.47 Å². The minimum atomic E-state index is -3.98. The number of ether oxygens (including phenoxy) is 2. The van der Waals surface area contributed by atoms with Crippen LogP contribution in [0, 0.1) is 20.8 Å². The number of nitrogens with zero attached hydrogens (tertiary/aromatic N) is 1. The van der Waals surface area contributed by atoms with E-state index in [1.165, 1.54) is 4.31 Å². The number of aryl methyl sites for hydroxylation is 3. The second-order valence-corrected chi connectivity index (χ2v) is 10.7. The van der Waals surface area contributed by atoms with Crippen LogP contribution >= 0.6 is 0 Å². The monoisotopic (exact) mass is 494 g/mol. The molecule has 0 spiro atoms. The number of hydrogen-bond donors (Lipinski definition) is 1. The lowest BCUT2D eigenvalue weighted by Crippen LogP contribution is -2.42. The average molecular weight is 495 g/mol. The van der Waals surface area contributed by atoms with Crippen molar-refractivity contribution in [2.75, 3.05) is 24.1 Å². The molecule has 0 fully saturated rings. The first-order valence-electron chi connectivity index (χ1n) is 11.5. The van der Waals surface area contributed by atoms with Crippen molar-refractivity contribution >= 4 is 21.6 Å². The van der Waals surface area contributed by atoms with E-state index < -0.39 is 15.9 Å². The predicted octanol–water partition coefficient (Wildman–Crippen LogP) is 4.46. The van der Waals surface area contributed by atoms with Crippen LogP contribution in [0.5, 0.6) is 11.5 Å². The molecular weight excluding hydrogens is 464 g/mol. The first kappa shape index (κ1) is 24.6. The molecule has 1 aliphatic heterocycles. The molecule has 8 heteroatoms. The molecule has 0 radical (unpaired) electrons. The van der Waals surface area contributed by atoms with Gasteiger partial charge in [0, 0.05) is 0 Å². The molecule has 0 bridgehead atoms. The van der Waals surface area contributed by atoms with Crippen LogP contribution in [-0.4, -0.2) is 34.1 Å². The number of nitrogens with one attached hydrogen (secondary N) is 1. The number of fused-ring (bicyclic) bond motifs is 1. The van der Waals surface area contributed by atoms with E-state index >= 15 is 0 Å². The van der Waals surface area contributed by atoms with Crippen molar-refractivity contribution in [1.29, 1.82) is 0 Å². The van der Waals surface area contributed by atoms with E-state index in [9.17, 15) is 13.2 Å². The number of amides is 1. The molecule has 0 aliphatic carbocycles. The van der Waals surface area contributed by atoms with Gasteiger partial charge in [-0.05, 0) is 69.2 Å². The quantitative estimate of drug-likeness (QED) is 0.524. The SMILES string of the molecule is Cc1ccc(S(=O)(=O)N(CC(=O)NC(C)c2ccc3c(c2)OCCO3)c2ccc(C)cc2C)cc1. The number of benzene rings is 3. The van der Waals surface area contributed by atoms with Gasteiger partial charge in [-0.2, -0.15) is 0 Å². The van der Waals surface area contributed by atoms with Crippen molar-refractivity contribution in [1.82, 2.24) is 5.32 Å². The van der Waals surface area contributed by atoms with E-state index in [2.05, 4.69) is 5.32 Å². The molecule has 0 aromatic heterocycles. The third-order valence-corrected chi connectivity index (χ3v) is 7.73. The van der Waals surface area contributed by atoms with Gasteiger partial charge in [0.05, 0.1) is 16.6 Å². The molecule has 35 heavy (non-hydrogen) atoms. The summed E-state index contributed by atoms with van der Waals surface area (Å²) >= 11 is 0. The summed E-state index contributed by atoms with van der Waals surface area (Å²) in [5, 5.41) is 2.93. The van der Waals surface area contributed by atoms with Crippen molar-refractivity contribution in [2.24, 2.45) is 0 Å². The Morgan fingerprint density at radius 2 is 1.57 bits per heavy atom. The molecule has 3 aromatic rings. The van der Waals surface area contributed by atoms with Gasteiger partial charge in [-0.25, -0.2) is 8.42 Å². The van der Waals surface area contributed by atoms with E-state index in [0.717, 1.165) is 22.3 Å². The number of carbonyl (C=O) groups is 1. The molecule has 0 saturated carbocycles. The van der Waals surface area contributed by atoms with E-state index in [0.29, 0.717) is 30.4 Å². The zero-order valence-electron chi connectivity index (χ0n) is 20.4. The molecule has 1 unspecified atom stereocenters. The third-order valence-electron chi connectivity index (χ3n) is 5.96. The molecule has 1 atom stereocenters. The van der Waals surface area contributed by atoms with Crippen LogP contribution < -0.4 is 19.1 Å². The first-order valence-corrected chi connectivity index (χ1v) is 12.9. The summed E-state index contributed by atoms with van der Waals surface area (Å²) in [6.45, 7) is 8.15. The molecule has 4 rings (SSSR count). The smallest absolute Gasteiger partial charge is 0.264 e. The van der Waals surface area contributed by atoms with Crippen molar-refractivity contribution in [3.63, 3.8) is 0 Å². The average Bonchev–Trinajstić information content (AvgIpc) is 2.83. The number of rotatable bonds is 7. The van der Waals surface area contributed by atoms with Crippen molar-refractivity contribution in [3.8, 4) is 11.5 Å². The topological polar surface area (TPSA) is 84.9 Å². The summed E-state index contributed by atoms with van der Waals surface area (Å²) < 4.78 is 39.7. The minimum Gasteiger partial charge on any atom is -0.486 e. The summed E-state index contributed by atoms with van der Waals surface area (Å²) in [7, 11) is -3.98. The summed E-state index contributed by atoms with van der Waals surface area (Å²) in [5.74, 6) is 0.889. The standard InChI is InChI=1S/C27H30N2O5S/c1-18-5-9-23(10-6-18)35(31,32)29(24-11-7-19(2)15-20(24)3)17-27(30)28-21(4)22-8-12-25-26(16-22)34-14-13-33-25/h5-12,15-16,21H,13-14,17H2,1-4H3,(H,28,30). The lowest BCUT2D eigenvalue weighted by atomic mass is 10.1. The number of sulfonamides is 1. The van der Waals surface area contributed by atoms with Gasteiger partial charge in [0.2, 0.25) is 5.91 Å². The van der Waals surface area contributed by atoms with E-state index in [-0.39, 0.29) is 17.5 Å². The summed E-state index contributed by atoms with van der Waals surface area (Å²) in [4.78, 5) is 13.3. The number of carbonyl (C=O) groups excluding carboxylic acids is 1. The second kappa shape index (κ2) is 10.00. The molecule has 184 valence electrons. The lowest BCUT2D eigenvalue weighted by Gasteiger charge is -2.27. The van der Waals surface area contributed by atoms with Crippen LogP contribution in [0.3, 0.4) is 0 Å². The van der Waals surface area contributed by atoms with Gasteiger partial charge < -0.3 is 14.8 Å². The Morgan fingerprint density at radius 3 is 2.26 bits per heavy atom. The molecule has 1 amide bonds. The maximum absolute atomic E-state index is 13.6. The van der Waals surface area contributed by atoms with Gasteiger partial charge in [0.1, 0.15) is 19.8 Å². The fraction of sp³-hybridized carbons (Fsp3) is 0.296. The fourth-order valence-electron chi connectivity index (χ4n) is 4.05. The fourth-order valence-corrected chi connectivity index (χ4v) is 5.54. The number of hydrogen-bond acceptors (Lipinski definition) is 5. The molecule has 1 heterocycles. The Labute approximate surface area is 206 Å². The zero-order chi connectivity index (χ0) is 25.2. The van der Waals surface area contributed by atoms with Crippen LogP contribution in [0.2, 0.25) is 0 Å². The van der Waals surface area contributed by atoms with Crippen molar-refractivity contribution < 1.29 is 22.7 Å². The highest BCUT2D eigenvalue weighted by Gasteiger charge is 2.29. The highest BCUT2D eigenvalue weighted by atomic mass is 32.2. The maximum atomic E-state index is 13.6. The highest BCUT2D eigenvalue weighted by molar-refractivity contribution is 7.92. The normalized spacial score (nSPS) is 13.7. The van der Waals surface area contributed by atoms with Gasteiger partial charge in [-0.3, -0.25) is 9.10 Å². The molecule has 1 aliphatic rings. The van der Waals surface area contributed by atoms with Crippen molar-refractivity contribution in [3.05, 3.63) is 82.9 Å². The Balaban J connectivity index is 1.60.